The van der Waals surface area contributed by atoms with Gasteiger partial charge in [-0.05, 0) is 74.9 Å². The van der Waals surface area contributed by atoms with Gasteiger partial charge in [-0.3, -0.25) is 9.69 Å². The molecule has 4 atom stereocenters. The van der Waals surface area contributed by atoms with Crippen LogP contribution in [-0.2, 0) is 20.4 Å². The summed E-state index contributed by atoms with van der Waals surface area (Å²) < 4.78 is 6.57. The maximum absolute atomic E-state index is 14.2. The molecule has 4 nitrogen and oxygen atoms in total. The first kappa shape index (κ1) is 36.3. The van der Waals surface area contributed by atoms with E-state index in [1.807, 2.05) is 6.20 Å². The van der Waals surface area contributed by atoms with Gasteiger partial charge in [-0.25, -0.2) is 4.79 Å². The van der Waals surface area contributed by atoms with E-state index >= 15 is 0 Å². The Morgan fingerprint density at radius 3 is 1.89 bits per heavy atom. The third-order valence-corrected chi connectivity index (χ3v) is 18.7. The largest absolute Gasteiger partial charge is 0.446 e. The summed E-state index contributed by atoms with van der Waals surface area (Å²) in [6.07, 6.45) is 6.32. The van der Waals surface area contributed by atoms with Crippen LogP contribution in [0.25, 0.3) is 0 Å². The Hall–Kier alpha value is -2.14. The van der Waals surface area contributed by atoms with Crippen LogP contribution in [-0.4, -0.2) is 37.0 Å². The van der Waals surface area contributed by atoms with Crippen molar-refractivity contribution in [3.8, 4) is 0 Å². The molecular formula is C39H63NO3Si. The highest BCUT2D eigenvalue weighted by Gasteiger charge is 2.51. The van der Waals surface area contributed by atoms with Crippen LogP contribution in [0.2, 0.25) is 16.6 Å². The number of benzene rings is 1. The lowest BCUT2D eigenvalue weighted by Crippen LogP contribution is -2.54. The van der Waals surface area contributed by atoms with Crippen molar-refractivity contribution in [1.82, 2.24) is 4.90 Å². The van der Waals surface area contributed by atoms with Crippen LogP contribution in [0.4, 0.5) is 4.79 Å². The lowest BCUT2D eigenvalue weighted by Gasteiger charge is -2.48. The van der Waals surface area contributed by atoms with Crippen molar-refractivity contribution in [3.63, 3.8) is 0 Å². The molecule has 3 rings (SSSR count). The summed E-state index contributed by atoms with van der Waals surface area (Å²) in [6, 6.07) is 8.71. The molecule has 0 bridgehead atoms. The molecule has 1 heterocycles. The number of nitrogens with zero attached hydrogens (tertiary/aromatic N) is 1. The summed E-state index contributed by atoms with van der Waals surface area (Å²) in [5.74, 6) is 1.54. The predicted octanol–water partition coefficient (Wildman–Crippen LogP) is 10.8. The first-order valence-electron chi connectivity index (χ1n) is 17.3. The number of amides is 1. The van der Waals surface area contributed by atoms with E-state index in [2.05, 4.69) is 121 Å². The smallest absolute Gasteiger partial charge is 0.414 e. The molecule has 0 N–H and O–H groups in total. The number of hydrogen-bond acceptors (Lipinski definition) is 3. The van der Waals surface area contributed by atoms with E-state index in [1.165, 1.54) is 11.1 Å². The quantitative estimate of drug-likeness (QED) is 0.204. The molecule has 2 aliphatic rings. The summed E-state index contributed by atoms with van der Waals surface area (Å²) in [7, 11) is -2.27. The van der Waals surface area contributed by atoms with Gasteiger partial charge in [-0.15, -0.1) is 6.58 Å². The monoisotopic (exact) mass is 621 g/mol. The van der Waals surface area contributed by atoms with Gasteiger partial charge >= 0.3 is 6.09 Å². The zero-order chi connectivity index (χ0) is 33.4. The van der Waals surface area contributed by atoms with E-state index in [1.54, 1.807) is 11.0 Å². The van der Waals surface area contributed by atoms with Gasteiger partial charge in [0, 0.05) is 18.5 Å². The number of carbonyl (C=O) groups excluding carboxylic acids is 2. The summed E-state index contributed by atoms with van der Waals surface area (Å²) in [5.41, 5.74) is 3.65. The van der Waals surface area contributed by atoms with Crippen molar-refractivity contribution in [2.24, 2.45) is 17.8 Å². The highest BCUT2D eigenvalue weighted by atomic mass is 28.3. The van der Waals surface area contributed by atoms with Gasteiger partial charge in [-0.2, -0.15) is 0 Å². The fourth-order valence-electron chi connectivity index (χ4n) is 8.86. The number of ether oxygens (including phenoxy) is 1. The Morgan fingerprint density at radius 2 is 1.43 bits per heavy atom. The highest BCUT2D eigenvalue weighted by molar-refractivity contribution is 6.93. The van der Waals surface area contributed by atoms with Crippen LogP contribution in [0, 0.1) is 17.8 Å². The third kappa shape index (κ3) is 6.98. The molecule has 5 heteroatoms. The van der Waals surface area contributed by atoms with Crippen LogP contribution >= 0.6 is 0 Å². The lowest BCUT2D eigenvalue weighted by atomic mass is 9.62. The molecule has 1 fully saturated rings. The van der Waals surface area contributed by atoms with Gasteiger partial charge < -0.3 is 4.74 Å². The van der Waals surface area contributed by atoms with E-state index in [9.17, 15) is 9.59 Å². The van der Waals surface area contributed by atoms with E-state index in [-0.39, 0.29) is 47.2 Å². The third-order valence-electron chi connectivity index (χ3n) is 11.6. The highest BCUT2D eigenvalue weighted by Crippen LogP contribution is 2.49. The molecule has 1 saturated carbocycles. The summed E-state index contributed by atoms with van der Waals surface area (Å²) in [6.45, 7) is 33.6. The van der Waals surface area contributed by atoms with Crippen molar-refractivity contribution in [2.45, 2.75) is 155 Å². The molecule has 1 aromatic rings. The van der Waals surface area contributed by atoms with Crippen molar-refractivity contribution >= 4 is 20.0 Å². The zero-order valence-corrected chi connectivity index (χ0v) is 31.3. The van der Waals surface area contributed by atoms with Gasteiger partial charge in [0.25, 0.3) is 0 Å². The second-order valence-corrected chi connectivity index (χ2v) is 22.5. The van der Waals surface area contributed by atoms with Crippen LogP contribution in [0.15, 0.2) is 48.3 Å². The standard InChI is InChI=1S/C39H63NO3Si/c1-15-32-23-34(41)36(44(26(4)5,27(6)7)28(8)9)24-40(32)37(42)43-35-21-16-29(25(2)3)22-33(35)39(13,14)31-19-17-30(18-20-31)38(10,11)12/h15,17-20,24-29,32-33,35H,1,16,21-23H2,2-14H3/t29-,32-,33-,35-/m1/s1. The van der Waals surface area contributed by atoms with Crippen LogP contribution in [0.3, 0.4) is 0 Å². The van der Waals surface area contributed by atoms with E-state index < -0.39 is 8.07 Å². The SMILES string of the molecule is C=C[C@@H]1CC(=O)C([Si](C(C)C)(C(C)C)C(C)C)=CN1C(=O)O[C@@H]1CC[C@@H](C(C)C)C[C@H]1C(C)(C)c1ccc(C(C)(C)C)cc1. The Balaban J connectivity index is 2.02. The number of hydrogen-bond donors (Lipinski definition) is 0. The number of ketones is 1. The van der Waals surface area contributed by atoms with E-state index in [4.69, 9.17) is 4.74 Å². The average Bonchev–Trinajstić information content (AvgIpc) is 2.92. The molecule has 44 heavy (non-hydrogen) atoms. The van der Waals surface area contributed by atoms with Crippen molar-refractivity contribution < 1.29 is 14.3 Å². The fraction of sp³-hybridized carbons (Fsp3) is 0.692. The molecule has 1 aliphatic heterocycles. The van der Waals surface area contributed by atoms with Crippen LogP contribution < -0.4 is 0 Å². The van der Waals surface area contributed by atoms with Crippen molar-refractivity contribution in [1.29, 1.82) is 0 Å². The van der Waals surface area contributed by atoms with Gasteiger partial charge in [-0.1, -0.05) is 120 Å². The first-order valence-corrected chi connectivity index (χ1v) is 19.5. The molecule has 0 spiro atoms. The number of rotatable bonds is 9. The van der Waals surface area contributed by atoms with Crippen LogP contribution in [0.5, 0.6) is 0 Å². The number of carbonyl (C=O) groups is 2. The van der Waals surface area contributed by atoms with Crippen molar-refractivity contribution in [3.05, 3.63) is 59.4 Å². The Kier molecular flexibility index (Phi) is 11.3. The van der Waals surface area contributed by atoms with Gasteiger partial charge in [0.15, 0.2) is 5.78 Å². The number of allylic oxidation sites excluding steroid dienone is 1. The predicted molar refractivity (Wildman–Crippen MR) is 189 cm³/mol. The zero-order valence-electron chi connectivity index (χ0n) is 30.3. The summed E-state index contributed by atoms with van der Waals surface area (Å²) >= 11 is 0. The Morgan fingerprint density at radius 1 is 0.909 bits per heavy atom. The second-order valence-electron chi connectivity index (χ2n) is 16.7. The molecule has 0 unspecified atom stereocenters. The second kappa shape index (κ2) is 13.7. The minimum absolute atomic E-state index is 0.0966. The molecule has 1 aliphatic carbocycles. The van der Waals surface area contributed by atoms with Gasteiger partial charge in [0.1, 0.15) is 14.2 Å². The lowest BCUT2D eigenvalue weighted by molar-refractivity contribution is -0.116. The normalized spacial score (nSPS) is 23.9. The maximum Gasteiger partial charge on any atom is 0.414 e. The minimum atomic E-state index is -2.27. The summed E-state index contributed by atoms with van der Waals surface area (Å²) in [4.78, 5) is 29.7. The number of Topliss-reactive ketones (excluding diaryl/α,β-unsaturated/α-hetero) is 1. The molecule has 0 saturated heterocycles. The van der Waals surface area contributed by atoms with Gasteiger partial charge in [0.2, 0.25) is 0 Å². The first-order chi connectivity index (χ1) is 20.3. The fourth-order valence-corrected chi connectivity index (χ4v) is 15.7. The molecule has 246 valence electrons. The molecule has 0 aromatic heterocycles. The molecule has 1 aromatic carbocycles. The van der Waals surface area contributed by atoms with E-state index in [0.717, 1.165) is 24.5 Å². The van der Waals surface area contributed by atoms with E-state index in [0.29, 0.717) is 28.5 Å². The van der Waals surface area contributed by atoms with Gasteiger partial charge in [0.05, 0.1) is 6.04 Å². The maximum atomic E-state index is 14.2. The Bertz CT molecular complexity index is 1180. The summed E-state index contributed by atoms with van der Waals surface area (Å²) in [5, 5.41) is 0.895. The molecule has 0 radical (unpaired) electrons. The average molecular weight is 622 g/mol. The Labute approximate surface area is 271 Å². The van der Waals surface area contributed by atoms with Crippen molar-refractivity contribution in [2.75, 3.05) is 0 Å². The molecular weight excluding hydrogens is 559 g/mol. The minimum Gasteiger partial charge on any atom is -0.446 e. The van der Waals surface area contributed by atoms with Crippen LogP contribution in [0.1, 0.15) is 127 Å². The topological polar surface area (TPSA) is 46.6 Å². The molecule has 1 amide bonds.